The fourth-order valence-corrected chi connectivity index (χ4v) is 3.73. The van der Waals surface area contributed by atoms with Crippen molar-refractivity contribution in [3.8, 4) is 0 Å². The summed E-state index contributed by atoms with van der Waals surface area (Å²) in [5.74, 6) is 0.905. The quantitative estimate of drug-likeness (QED) is 0.925. The van der Waals surface area contributed by atoms with Gasteiger partial charge in [0.1, 0.15) is 0 Å². The highest BCUT2D eigenvalue weighted by Gasteiger charge is 2.48. The van der Waals surface area contributed by atoms with E-state index in [-0.39, 0.29) is 0 Å². The number of nitrogens with zero attached hydrogens (tertiary/aromatic N) is 4. The molecule has 1 saturated carbocycles. The molecule has 1 N–H and O–H groups in total. The molecule has 0 amide bonds. The fraction of sp³-hybridized carbons (Fsp3) is 0.846. The average molecular weight is 329 g/mol. The van der Waals surface area contributed by atoms with E-state index in [1.54, 1.807) is 13.8 Å². The minimum atomic E-state index is -0.782. The Kier molecular flexibility index (Phi) is 3.13. The molecule has 2 aliphatic rings. The van der Waals surface area contributed by atoms with Crippen LogP contribution in [0.4, 0.5) is 5.95 Å². The molecule has 1 aliphatic heterocycles. The molecule has 1 saturated heterocycles. The molecule has 1 aromatic rings. The summed E-state index contributed by atoms with van der Waals surface area (Å²) in [7, 11) is 0. The Morgan fingerprint density at radius 2 is 2.00 bits per heavy atom. The molecule has 0 unspecified atom stereocenters. The van der Waals surface area contributed by atoms with Gasteiger partial charge in [0, 0.05) is 12.1 Å². The van der Waals surface area contributed by atoms with Crippen LogP contribution in [0.3, 0.4) is 0 Å². The van der Waals surface area contributed by atoms with Crippen LogP contribution in [0.1, 0.15) is 46.0 Å². The molecule has 6 heteroatoms. The van der Waals surface area contributed by atoms with Crippen molar-refractivity contribution < 1.29 is 5.11 Å². The van der Waals surface area contributed by atoms with Crippen molar-refractivity contribution in [1.82, 2.24) is 14.8 Å². The van der Waals surface area contributed by atoms with E-state index in [0.717, 1.165) is 12.5 Å². The Hall–Kier alpha value is -0.620. The Morgan fingerprint density at radius 3 is 2.53 bits per heavy atom. The Labute approximate surface area is 122 Å². The second-order valence-electron chi connectivity index (χ2n) is 6.48. The highest BCUT2D eigenvalue weighted by Crippen LogP contribution is 2.46. The lowest BCUT2D eigenvalue weighted by Crippen LogP contribution is -2.59. The first-order valence-electron chi connectivity index (χ1n) is 7.00. The maximum Gasteiger partial charge on any atom is 0.225 e. The van der Waals surface area contributed by atoms with Gasteiger partial charge < -0.3 is 10.0 Å². The fourth-order valence-electron chi connectivity index (χ4n) is 3.38. The zero-order valence-electron chi connectivity index (χ0n) is 11.6. The van der Waals surface area contributed by atoms with Crippen LogP contribution in [-0.2, 0) is 6.54 Å². The molecule has 0 atom stereocenters. The molecule has 0 bridgehead atoms. The highest BCUT2D eigenvalue weighted by molar-refractivity contribution is 9.10. The van der Waals surface area contributed by atoms with Gasteiger partial charge in [0.2, 0.25) is 10.7 Å². The lowest BCUT2D eigenvalue weighted by atomic mass is 9.83. The first-order valence-corrected chi connectivity index (χ1v) is 7.79. The van der Waals surface area contributed by atoms with Gasteiger partial charge in [-0.2, -0.15) is 4.98 Å². The van der Waals surface area contributed by atoms with Crippen LogP contribution in [-0.4, -0.2) is 37.6 Å². The molecule has 0 aromatic carbocycles. The first kappa shape index (κ1) is 13.4. The van der Waals surface area contributed by atoms with Crippen molar-refractivity contribution in [3.05, 3.63) is 4.73 Å². The van der Waals surface area contributed by atoms with Gasteiger partial charge in [0.05, 0.1) is 12.1 Å². The third kappa shape index (κ3) is 2.40. The van der Waals surface area contributed by atoms with E-state index >= 15 is 0 Å². The lowest BCUT2D eigenvalue weighted by Gasteiger charge is -2.51. The minimum absolute atomic E-state index is 0.323. The van der Waals surface area contributed by atoms with E-state index in [1.807, 2.05) is 4.68 Å². The number of hydrogen-bond acceptors (Lipinski definition) is 4. The van der Waals surface area contributed by atoms with Crippen LogP contribution >= 0.6 is 15.9 Å². The van der Waals surface area contributed by atoms with Crippen molar-refractivity contribution >= 4 is 21.9 Å². The zero-order valence-corrected chi connectivity index (χ0v) is 13.1. The standard InChI is InChI=1S/C13H21BrN4O/c1-12(2,19)9-18-11(15-10(14)16-18)17-8-7-13(17)5-3-4-6-13/h19H,3-9H2,1-2H3. The maximum absolute atomic E-state index is 10.0. The van der Waals surface area contributed by atoms with Gasteiger partial charge in [0.15, 0.2) is 0 Å². The number of rotatable bonds is 3. The second-order valence-corrected chi connectivity index (χ2v) is 7.19. The van der Waals surface area contributed by atoms with Gasteiger partial charge in [-0.15, -0.1) is 5.10 Å². The Bertz CT molecular complexity index is 473. The number of aliphatic hydroxyl groups is 1. The highest BCUT2D eigenvalue weighted by atomic mass is 79.9. The van der Waals surface area contributed by atoms with Gasteiger partial charge in [-0.1, -0.05) is 12.8 Å². The zero-order chi connectivity index (χ0) is 13.7. The third-order valence-electron chi connectivity index (χ3n) is 4.31. The number of anilines is 1. The SMILES string of the molecule is CC(C)(O)Cn1nc(Br)nc1N1CCC12CCCC2. The summed E-state index contributed by atoms with van der Waals surface area (Å²) in [6.45, 7) is 5.12. The lowest BCUT2D eigenvalue weighted by molar-refractivity contribution is 0.0573. The van der Waals surface area contributed by atoms with Crippen LogP contribution < -0.4 is 4.90 Å². The Morgan fingerprint density at radius 1 is 1.32 bits per heavy atom. The van der Waals surface area contributed by atoms with E-state index in [2.05, 4.69) is 30.9 Å². The molecule has 0 radical (unpaired) electrons. The van der Waals surface area contributed by atoms with E-state index < -0.39 is 5.60 Å². The van der Waals surface area contributed by atoms with Crippen LogP contribution in [0.15, 0.2) is 4.73 Å². The molecule has 2 fully saturated rings. The molecule has 19 heavy (non-hydrogen) atoms. The van der Waals surface area contributed by atoms with Crippen molar-refractivity contribution in [3.63, 3.8) is 0 Å². The molecular formula is C13H21BrN4O. The molecule has 3 rings (SSSR count). The van der Waals surface area contributed by atoms with Crippen LogP contribution in [0.2, 0.25) is 0 Å². The van der Waals surface area contributed by atoms with Gasteiger partial charge in [0.25, 0.3) is 0 Å². The van der Waals surface area contributed by atoms with Gasteiger partial charge in [-0.25, -0.2) is 4.68 Å². The monoisotopic (exact) mass is 328 g/mol. The van der Waals surface area contributed by atoms with Crippen molar-refractivity contribution in [2.24, 2.45) is 0 Å². The summed E-state index contributed by atoms with van der Waals surface area (Å²) in [6, 6.07) is 0. The summed E-state index contributed by atoms with van der Waals surface area (Å²) in [4.78, 5) is 6.91. The molecule has 1 spiro atoms. The third-order valence-corrected chi connectivity index (χ3v) is 4.65. The molecule has 106 valence electrons. The predicted molar refractivity (Wildman–Crippen MR) is 77.2 cm³/mol. The van der Waals surface area contributed by atoms with E-state index in [4.69, 9.17) is 0 Å². The Balaban J connectivity index is 1.88. The van der Waals surface area contributed by atoms with Gasteiger partial charge in [-0.3, -0.25) is 0 Å². The summed E-state index contributed by atoms with van der Waals surface area (Å²) in [6.07, 6.45) is 6.43. The van der Waals surface area contributed by atoms with Gasteiger partial charge >= 0.3 is 0 Å². The summed E-state index contributed by atoms with van der Waals surface area (Å²) >= 11 is 3.36. The van der Waals surface area contributed by atoms with Crippen LogP contribution in [0, 0.1) is 0 Å². The first-order chi connectivity index (χ1) is 8.90. The second kappa shape index (κ2) is 4.45. The molecule has 5 nitrogen and oxygen atoms in total. The number of aromatic nitrogens is 3. The smallest absolute Gasteiger partial charge is 0.225 e. The number of halogens is 1. The van der Waals surface area contributed by atoms with Crippen molar-refractivity contribution in [1.29, 1.82) is 0 Å². The maximum atomic E-state index is 10.0. The number of hydrogen-bond donors (Lipinski definition) is 1. The molecule has 2 heterocycles. The molecular weight excluding hydrogens is 308 g/mol. The molecule has 1 aromatic heterocycles. The molecule has 1 aliphatic carbocycles. The largest absolute Gasteiger partial charge is 0.389 e. The van der Waals surface area contributed by atoms with Crippen molar-refractivity contribution in [2.45, 2.75) is 63.6 Å². The van der Waals surface area contributed by atoms with E-state index in [1.165, 1.54) is 32.1 Å². The van der Waals surface area contributed by atoms with Gasteiger partial charge in [-0.05, 0) is 49.0 Å². The predicted octanol–water partition coefficient (Wildman–Crippen LogP) is 2.33. The normalized spacial score (nSPS) is 22.0. The van der Waals surface area contributed by atoms with Crippen LogP contribution in [0.25, 0.3) is 0 Å². The summed E-state index contributed by atoms with van der Waals surface area (Å²) < 4.78 is 2.44. The summed E-state index contributed by atoms with van der Waals surface area (Å²) in [5, 5.41) is 14.4. The van der Waals surface area contributed by atoms with Crippen molar-refractivity contribution in [2.75, 3.05) is 11.4 Å². The van der Waals surface area contributed by atoms with E-state index in [9.17, 15) is 5.11 Å². The summed E-state index contributed by atoms with van der Waals surface area (Å²) in [5.41, 5.74) is -0.459. The van der Waals surface area contributed by atoms with Crippen LogP contribution in [0.5, 0.6) is 0 Å². The average Bonchev–Trinajstić information content (AvgIpc) is 2.84. The topological polar surface area (TPSA) is 54.2 Å². The minimum Gasteiger partial charge on any atom is -0.389 e. The van der Waals surface area contributed by atoms with E-state index in [0.29, 0.717) is 16.8 Å².